The van der Waals surface area contributed by atoms with Crippen LogP contribution in [-0.2, 0) is 0 Å². The van der Waals surface area contributed by atoms with Crippen LogP contribution in [0.4, 0.5) is 14.7 Å². The van der Waals surface area contributed by atoms with Crippen LogP contribution in [0.15, 0.2) is 22.8 Å². The van der Waals surface area contributed by atoms with Crippen LogP contribution in [0.3, 0.4) is 0 Å². The molecule has 0 bridgehead atoms. The third kappa shape index (κ3) is 3.02. The summed E-state index contributed by atoms with van der Waals surface area (Å²) in [5.74, 6) is -2.03. The number of fused-ring (bicyclic) bond motifs is 1. The van der Waals surface area contributed by atoms with Crippen molar-refractivity contribution in [3.05, 3.63) is 22.8 Å². The standard InChI is InChI=1S/C14H17BrF2N4/c1-2-3-11-9-14(16,17)5-7-20(11)13-18-12-8-10(15)4-6-21(12)19-13/h4,6,8,11H,2-3,5,7,9H2,1H3. The molecule has 1 saturated heterocycles. The van der Waals surface area contributed by atoms with Crippen LogP contribution in [0.1, 0.15) is 32.6 Å². The van der Waals surface area contributed by atoms with Crippen LogP contribution in [0, 0.1) is 0 Å². The number of rotatable bonds is 3. The summed E-state index contributed by atoms with van der Waals surface area (Å²) >= 11 is 3.40. The molecule has 0 amide bonds. The zero-order chi connectivity index (χ0) is 15.0. The molecule has 2 aromatic heterocycles. The first-order valence-electron chi connectivity index (χ1n) is 7.15. The van der Waals surface area contributed by atoms with E-state index in [0.717, 1.165) is 17.3 Å². The summed E-state index contributed by atoms with van der Waals surface area (Å²) in [5, 5.41) is 4.42. The van der Waals surface area contributed by atoms with Crippen LogP contribution in [0.5, 0.6) is 0 Å². The molecular formula is C14H17BrF2N4. The minimum absolute atomic E-state index is 0.111. The van der Waals surface area contributed by atoms with E-state index in [4.69, 9.17) is 0 Å². The van der Waals surface area contributed by atoms with E-state index >= 15 is 0 Å². The average molecular weight is 359 g/mol. The fourth-order valence-corrected chi connectivity index (χ4v) is 3.17. The number of alkyl halides is 2. The van der Waals surface area contributed by atoms with Gasteiger partial charge in [0.05, 0.1) is 0 Å². The number of anilines is 1. The monoisotopic (exact) mass is 358 g/mol. The van der Waals surface area contributed by atoms with E-state index in [2.05, 4.69) is 26.0 Å². The van der Waals surface area contributed by atoms with Gasteiger partial charge in [-0.2, -0.15) is 4.98 Å². The van der Waals surface area contributed by atoms with E-state index in [1.54, 1.807) is 4.52 Å². The SMILES string of the molecule is CCCC1CC(F)(F)CCN1c1nc2cc(Br)ccn2n1. The summed E-state index contributed by atoms with van der Waals surface area (Å²) in [5.41, 5.74) is 0.715. The fourth-order valence-electron chi connectivity index (χ4n) is 2.84. The summed E-state index contributed by atoms with van der Waals surface area (Å²) in [6, 6.07) is 3.54. The van der Waals surface area contributed by atoms with E-state index in [1.807, 2.05) is 30.2 Å². The first-order chi connectivity index (χ1) is 9.98. The van der Waals surface area contributed by atoms with Gasteiger partial charge in [0.1, 0.15) is 0 Å². The summed E-state index contributed by atoms with van der Waals surface area (Å²) in [6.07, 6.45) is 3.17. The van der Waals surface area contributed by atoms with Gasteiger partial charge in [0.25, 0.3) is 5.92 Å². The van der Waals surface area contributed by atoms with Gasteiger partial charge in [0, 0.05) is 36.1 Å². The van der Waals surface area contributed by atoms with Crippen LogP contribution >= 0.6 is 15.9 Å². The number of piperidine rings is 1. The number of aromatic nitrogens is 3. The highest BCUT2D eigenvalue weighted by Gasteiger charge is 2.41. The van der Waals surface area contributed by atoms with Crippen LogP contribution in [0.25, 0.3) is 5.65 Å². The van der Waals surface area contributed by atoms with Crippen molar-refractivity contribution in [2.45, 2.75) is 44.6 Å². The largest absolute Gasteiger partial charge is 0.336 e. The molecule has 0 N–H and O–H groups in total. The molecule has 3 heterocycles. The maximum absolute atomic E-state index is 13.6. The van der Waals surface area contributed by atoms with Gasteiger partial charge in [-0.15, -0.1) is 5.10 Å². The maximum Gasteiger partial charge on any atom is 0.251 e. The molecule has 1 unspecified atom stereocenters. The first kappa shape index (κ1) is 14.7. The number of nitrogens with zero attached hydrogens (tertiary/aromatic N) is 4. The highest BCUT2D eigenvalue weighted by atomic mass is 79.9. The fraction of sp³-hybridized carbons (Fsp3) is 0.571. The van der Waals surface area contributed by atoms with E-state index in [-0.39, 0.29) is 18.9 Å². The van der Waals surface area contributed by atoms with Gasteiger partial charge in [0.2, 0.25) is 5.95 Å². The van der Waals surface area contributed by atoms with Crippen LogP contribution in [-0.4, -0.2) is 33.1 Å². The van der Waals surface area contributed by atoms with Crippen molar-refractivity contribution >= 4 is 27.5 Å². The number of hydrogen-bond donors (Lipinski definition) is 0. The highest BCUT2D eigenvalue weighted by molar-refractivity contribution is 9.10. The Morgan fingerprint density at radius 3 is 3.05 bits per heavy atom. The van der Waals surface area contributed by atoms with Gasteiger partial charge in [-0.05, 0) is 18.6 Å². The Bertz CT molecular complexity index is 643. The zero-order valence-electron chi connectivity index (χ0n) is 11.8. The Morgan fingerprint density at radius 1 is 1.48 bits per heavy atom. The molecule has 1 aliphatic heterocycles. The molecule has 4 nitrogen and oxygen atoms in total. The lowest BCUT2D eigenvalue weighted by Crippen LogP contribution is -2.47. The van der Waals surface area contributed by atoms with Crippen molar-refractivity contribution in [3.8, 4) is 0 Å². The molecule has 1 atom stereocenters. The van der Waals surface area contributed by atoms with Crippen LogP contribution in [0.2, 0.25) is 0 Å². The third-order valence-electron chi connectivity index (χ3n) is 3.86. The Labute approximate surface area is 130 Å². The minimum Gasteiger partial charge on any atom is -0.336 e. The lowest BCUT2D eigenvalue weighted by Gasteiger charge is -2.38. The Hall–Kier alpha value is -1.24. The van der Waals surface area contributed by atoms with Crippen molar-refractivity contribution in [1.29, 1.82) is 0 Å². The molecule has 1 aliphatic rings. The molecule has 2 aromatic rings. The topological polar surface area (TPSA) is 33.4 Å². The van der Waals surface area contributed by atoms with Gasteiger partial charge in [-0.1, -0.05) is 29.3 Å². The van der Waals surface area contributed by atoms with Gasteiger partial charge in [-0.3, -0.25) is 0 Å². The Morgan fingerprint density at radius 2 is 2.29 bits per heavy atom. The second-order valence-corrected chi connectivity index (χ2v) is 6.42. The van der Waals surface area contributed by atoms with Crippen molar-refractivity contribution in [3.63, 3.8) is 0 Å². The molecule has 7 heteroatoms. The van der Waals surface area contributed by atoms with Crippen LogP contribution < -0.4 is 4.90 Å². The Balaban J connectivity index is 1.92. The molecule has 0 radical (unpaired) electrons. The molecular weight excluding hydrogens is 342 g/mol. The van der Waals surface area contributed by atoms with E-state index in [9.17, 15) is 8.78 Å². The van der Waals surface area contributed by atoms with E-state index in [1.165, 1.54) is 0 Å². The van der Waals surface area contributed by atoms with Crippen molar-refractivity contribution < 1.29 is 8.78 Å². The lowest BCUT2D eigenvalue weighted by atomic mass is 9.95. The maximum atomic E-state index is 13.6. The molecule has 0 spiro atoms. The summed E-state index contributed by atoms with van der Waals surface area (Å²) in [4.78, 5) is 6.41. The Kier molecular flexibility index (Phi) is 3.86. The molecule has 3 rings (SSSR count). The van der Waals surface area contributed by atoms with Crippen molar-refractivity contribution in [1.82, 2.24) is 14.6 Å². The van der Waals surface area contributed by atoms with Crippen molar-refractivity contribution in [2.75, 3.05) is 11.4 Å². The van der Waals surface area contributed by atoms with Gasteiger partial charge < -0.3 is 4.90 Å². The quantitative estimate of drug-likeness (QED) is 0.834. The van der Waals surface area contributed by atoms with Gasteiger partial charge in [0.15, 0.2) is 5.65 Å². The molecule has 21 heavy (non-hydrogen) atoms. The van der Waals surface area contributed by atoms with E-state index < -0.39 is 5.92 Å². The number of halogens is 3. The summed E-state index contributed by atoms with van der Waals surface area (Å²) < 4.78 is 29.9. The smallest absolute Gasteiger partial charge is 0.251 e. The van der Waals surface area contributed by atoms with Crippen molar-refractivity contribution in [2.24, 2.45) is 0 Å². The van der Waals surface area contributed by atoms with Gasteiger partial charge >= 0.3 is 0 Å². The molecule has 0 aromatic carbocycles. The highest BCUT2D eigenvalue weighted by Crippen LogP contribution is 2.35. The molecule has 1 fully saturated rings. The molecule has 0 saturated carbocycles. The summed E-state index contributed by atoms with van der Waals surface area (Å²) in [6.45, 7) is 2.31. The predicted molar refractivity (Wildman–Crippen MR) is 80.9 cm³/mol. The van der Waals surface area contributed by atoms with Gasteiger partial charge in [-0.25, -0.2) is 13.3 Å². The number of pyridine rings is 1. The minimum atomic E-state index is -2.57. The molecule has 0 aliphatic carbocycles. The third-order valence-corrected chi connectivity index (χ3v) is 4.35. The first-order valence-corrected chi connectivity index (χ1v) is 7.94. The molecule has 114 valence electrons. The predicted octanol–water partition coefficient (Wildman–Crippen LogP) is 3.90. The lowest BCUT2D eigenvalue weighted by molar-refractivity contribution is -0.0348. The zero-order valence-corrected chi connectivity index (χ0v) is 13.4. The summed E-state index contributed by atoms with van der Waals surface area (Å²) in [7, 11) is 0. The number of hydrogen-bond acceptors (Lipinski definition) is 3. The second kappa shape index (κ2) is 5.51. The average Bonchev–Trinajstić information content (AvgIpc) is 2.80. The second-order valence-electron chi connectivity index (χ2n) is 5.51. The van der Waals surface area contributed by atoms with E-state index in [0.29, 0.717) is 18.1 Å². The normalized spacial score (nSPS) is 21.9.